The molecule has 1 aromatic carbocycles. The van der Waals surface area contributed by atoms with E-state index in [1.165, 1.54) is 0 Å². The number of anilines is 1. The summed E-state index contributed by atoms with van der Waals surface area (Å²) in [6, 6.07) is 6.40. The molecule has 1 aromatic rings. The Bertz CT molecular complexity index is 645. The zero-order valence-corrected chi connectivity index (χ0v) is 12.8. The number of carbonyl (C=O) groups is 2. The van der Waals surface area contributed by atoms with Gasteiger partial charge in [0.15, 0.2) is 9.84 Å². The lowest BCUT2D eigenvalue weighted by Gasteiger charge is -2.11. The van der Waals surface area contributed by atoms with Crippen LogP contribution >= 0.6 is 15.9 Å². The van der Waals surface area contributed by atoms with Crippen LogP contribution in [0.25, 0.3) is 0 Å². The van der Waals surface area contributed by atoms with Gasteiger partial charge in [0.1, 0.15) is 0 Å². The summed E-state index contributed by atoms with van der Waals surface area (Å²) in [5, 5.41) is 4.89. The van der Waals surface area contributed by atoms with Gasteiger partial charge in [-0.3, -0.25) is 9.59 Å². The molecule has 0 aromatic heterocycles. The van der Waals surface area contributed by atoms with Crippen LogP contribution in [0.4, 0.5) is 5.69 Å². The molecule has 0 bridgehead atoms. The molecule has 1 heterocycles. The highest BCUT2D eigenvalue weighted by atomic mass is 79.9. The zero-order valence-electron chi connectivity index (χ0n) is 10.4. The second-order valence-electron chi connectivity index (χ2n) is 4.51. The first-order chi connectivity index (χ1) is 9.37. The molecule has 6 nitrogen and oxygen atoms in total. The van der Waals surface area contributed by atoms with Crippen LogP contribution in [0.1, 0.15) is 6.42 Å². The Kier molecular flexibility index (Phi) is 4.44. The molecule has 2 amide bonds. The minimum atomic E-state index is -3.09. The van der Waals surface area contributed by atoms with Crippen molar-refractivity contribution in [2.45, 2.75) is 12.5 Å². The summed E-state index contributed by atoms with van der Waals surface area (Å²) < 4.78 is 23.2. The number of rotatable bonds is 2. The fourth-order valence-electron chi connectivity index (χ4n) is 1.90. The zero-order chi connectivity index (χ0) is 14.8. The number of nitrogens with one attached hydrogen (secondary N) is 2. The van der Waals surface area contributed by atoms with Gasteiger partial charge >= 0.3 is 11.8 Å². The van der Waals surface area contributed by atoms with E-state index in [-0.39, 0.29) is 11.5 Å². The van der Waals surface area contributed by atoms with Crippen LogP contribution in [0.3, 0.4) is 0 Å². The van der Waals surface area contributed by atoms with Gasteiger partial charge in [-0.2, -0.15) is 0 Å². The highest BCUT2D eigenvalue weighted by Gasteiger charge is 2.30. The summed E-state index contributed by atoms with van der Waals surface area (Å²) in [6.45, 7) is 0. The van der Waals surface area contributed by atoms with Gasteiger partial charge in [0.05, 0.1) is 17.2 Å². The van der Waals surface area contributed by atoms with Crippen LogP contribution in [0.15, 0.2) is 28.7 Å². The molecule has 0 spiro atoms. The molecule has 1 atom stereocenters. The molecular weight excluding hydrogens is 348 g/mol. The molecule has 0 radical (unpaired) electrons. The number of carbonyl (C=O) groups excluding carboxylic acids is 2. The fraction of sp³-hybridized carbons (Fsp3) is 0.333. The summed E-state index contributed by atoms with van der Waals surface area (Å²) in [4.78, 5) is 23.4. The number of hydrogen-bond acceptors (Lipinski definition) is 4. The van der Waals surface area contributed by atoms with Crippen molar-refractivity contribution < 1.29 is 18.0 Å². The van der Waals surface area contributed by atoms with Gasteiger partial charge in [-0.1, -0.05) is 12.1 Å². The topological polar surface area (TPSA) is 92.3 Å². The van der Waals surface area contributed by atoms with E-state index in [2.05, 4.69) is 26.6 Å². The average Bonchev–Trinajstić information content (AvgIpc) is 2.71. The first-order valence-electron chi connectivity index (χ1n) is 5.94. The quantitative estimate of drug-likeness (QED) is 0.759. The number of hydrogen-bond donors (Lipinski definition) is 2. The van der Waals surface area contributed by atoms with Gasteiger partial charge in [-0.15, -0.1) is 0 Å². The van der Waals surface area contributed by atoms with Gasteiger partial charge in [0.2, 0.25) is 0 Å². The van der Waals surface area contributed by atoms with Crippen molar-refractivity contribution in [2.24, 2.45) is 0 Å². The Morgan fingerprint density at radius 3 is 2.50 bits per heavy atom. The van der Waals surface area contributed by atoms with Gasteiger partial charge in [-0.25, -0.2) is 8.42 Å². The lowest BCUT2D eigenvalue weighted by molar-refractivity contribution is -0.136. The van der Waals surface area contributed by atoms with Gasteiger partial charge in [0, 0.05) is 10.5 Å². The van der Waals surface area contributed by atoms with Crippen molar-refractivity contribution in [1.82, 2.24) is 5.32 Å². The van der Waals surface area contributed by atoms with Gasteiger partial charge in [0.25, 0.3) is 0 Å². The first-order valence-corrected chi connectivity index (χ1v) is 8.55. The van der Waals surface area contributed by atoms with E-state index in [0.29, 0.717) is 16.6 Å². The molecule has 1 aliphatic heterocycles. The van der Waals surface area contributed by atoms with Crippen LogP contribution in [-0.2, 0) is 19.4 Å². The number of halogens is 1. The van der Waals surface area contributed by atoms with E-state index in [9.17, 15) is 18.0 Å². The van der Waals surface area contributed by atoms with Crippen molar-refractivity contribution in [2.75, 3.05) is 16.8 Å². The molecule has 20 heavy (non-hydrogen) atoms. The number of sulfone groups is 1. The summed E-state index contributed by atoms with van der Waals surface area (Å²) in [6.07, 6.45) is 0.344. The maximum absolute atomic E-state index is 11.7. The predicted molar refractivity (Wildman–Crippen MR) is 78.0 cm³/mol. The third-order valence-electron chi connectivity index (χ3n) is 2.90. The van der Waals surface area contributed by atoms with Crippen molar-refractivity contribution >= 4 is 43.3 Å². The molecular formula is C12H13BrN2O4S. The number of para-hydroxylation sites is 1. The Labute approximate surface area is 125 Å². The molecule has 1 unspecified atom stereocenters. The Balaban J connectivity index is 1.93. The SMILES string of the molecule is O=C(Nc1ccccc1Br)C(=O)NC1CCS(=O)(=O)C1. The molecule has 108 valence electrons. The lowest BCUT2D eigenvalue weighted by Crippen LogP contribution is -2.42. The highest BCUT2D eigenvalue weighted by Crippen LogP contribution is 2.21. The minimum Gasteiger partial charge on any atom is -0.344 e. The third-order valence-corrected chi connectivity index (χ3v) is 5.36. The molecule has 1 fully saturated rings. The van der Waals surface area contributed by atoms with E-state index in [1.807, 2.05) is 0 Å². The number of benzene rings is 1. The van der Waals surface area contributed by atoms with E-state index < -0.39 is 27.7 Å². The molecule has 1 saturated heterocycles. The summed E-state index contributed by atoms with van der Waals surface area (Å²) in [5.74, 6) is -1.71. The van der Waals surface area contributed by atoms with Crippen LogP contribution < -0.4 is 10.6 Å². The Hall–Kier alpha value is -1.41. The second kappa shape index (κ2) is 5.92. The number of amides is 2. The van der Waals surface area contributed by atoms with E-state index >= 15 is 0 Å². The van der Waals surface area contributed by atoms with Crippen LogP contribution in [0.5, 0.6) is 0 Å². The van der Waals surface area contributed by atoms with Crippen LogP contribution in [0, 0.1) is 0 Å². The van der Waals surface area contributed by atoms with Crippen molar-refractivity contribution in [3.63, 3.8) is 0 Å². The largest absolute Gasteiger partial charge is 0.344 e. The normalized spacial score (nSPS) is 20.4. The minimum absolute atomic E-state index is 0.0454. The van der Waals surface area contributed by atoms with Crippen molar-refractivity contribution in [3.8, 4) is 0 Å². The lowest BCUT2D eigenvalue weighted by atomic mass is 10.2. The smallest absolute Gasteiger partial charge is 0.313 e. The van der Waals surface area contributed by atoms with E-state index in [0.717, 1.165) is 0 Å². The van der Waals surface area contributed by atoms with Gasteiger partial charge in [-0.05, 0) is 34.5 Å². The molecule has 1 aliphatic rings. The maximum Gasteiger partial charge on any atom is 0.313 e. The van der Waals surface area contributed by atoms with Gasteiger partial charge < -0.3 is 10.6 Å². The van der Waals surface area contributed by atoms with Crippen molar-refractivity contribution in [1.29, 1.82) is 0 Å². The second-order valence-corrected chi connectivity index (χ2v) is 7.59. The van der Waals surface area contributed by atoms with Crippen LogP contribution in [0.2, 0.25) is 0 Å². The average molecular weight is 361 g/mol. The summed E-state index contributed by atoms with van der Waals surface area (Å²) >= 11 is 3.25. The Morgan fingerprint density at radius 1 is 1.20 bits per heavy atom. The standard InChI is InChI=1S/C12H13BrN2O4S/c13-9-3-1-2-4-10(9)15-12(17)11(16)14-8-5-6-20(18,19)7-8/h1-4,8H,5-7H2,(H,14,16)(H,15,17). The molecule has 0 saturated carbocycles. The predicted octanol–water partition coefficient (Wildman–Crippen LogP) is 0.691. The summed E-state index contributed by atoms with van der Waals surface area (Å²) in [7, 11) is -3.09. The highest BCUT2D eigenvalue weighted by molar-refractivity contribution is 9.10. The molecule has 2 rings (SSSR count). The maximum atomic E-state index is 11.7. The molecule has 0 aliphatic carbocycles. The van der Waals surface area contributed by atoms with E-state index in [1.54, 1.807) is 24.3 Å². The molecule has 8 heteroatoms. The van der Waals surface area contributed by atoms with Crippen molar-refractivity contribution in [3.05, 3.63) is 28.7 Å². The first kappa shape index (κ1) is 15.0. The third kappa shape index (κ3) is 3.80. The van der Waals surface area contributed by atoms with E-state index in [4.69, 9.17) is 0 Å². The molecule has 2 N–H and O–H groups in total. The van der Waals surface area contributed by atoms with Crippen LogP contribution in [-0.4, -0.2) is 37.8 Å². The fourth-order valence-corrected chi connectivity index (χ4v) is 3.96. The summed E-state index contributed by atoms with van der Waals surface area (Å²) in [5.41, 5.74) is 0.478. The monoisotopic (exact) mass is 360 g/mol. The Morgan fingerprint density at radius 2 is 1.90 bits per heavy atom.